The van der Waals surface area contributed by atoms with Gasteiger partial charge in [0.2, 0.25) is 0 Å². The Morgan fingerprint density at radius 2 is 1.94 bits per heavy atom. The van der Waals surface area contributed by atoms with Crippen LogP contribution in [0, 0.1) is 18.3 Å². The third-order valence-corrected chi connectivity index (χ3v) is 7.45. The molecule has 0 bridgehead atoms. The Morgan fingerprint density at radius 3 is 2.64 bits per heavy atom. The van der Waals surface area contributed by atoms with Crippen molar-refractivity contribution in [3.8, 4) is 6.07 Å². The Bertz CT molecular complexity index is 1160. The number of nitriles is 1. The third-order valence-electron chi connectivity index (χ3n) is 7.45. The molecule has 2 amide bonds. The third kappa shape index (κ3) is 3.53. The van der Waals surface area contributed by atoms with Gasteiger partial charge in [-0.05, 0) is 50.5 Å². The number of aryl methyl sites for hydroxylation is 1. The maximum atomic E-state index is 13.8. The van der Waals surface area contributed by atoms with Crippen molar-refractivity contribution in [3.63, 3.8) is 0 Å². The largest absolute Gasteiger partial charge is 0.339 e. The SMILES string of the molecule is Bc1cc(C)cc(C2CCC3(C)OC4(CCN(C(=O)c5cccc(C#N)c5)CC4)C(=O)N23)c1. The molecular formula is C26H28BN3O3. The van der Waals surface area contributed by atoms with Crippen molar-refractivity contribution >= 4 is 25.1 Å². The summed E-state index contributed by atoms with van der Waals surface area (Å²) >= 11 is 0. The van der Waals surface area contributed by atoms with E-state index in [4.69, 9.17) is 10.00 Å². The van der Waals surface area contributed by atoms with Crippen molar-refractivity contribution in [2.75, 3.05) is 13.1 Å². The highest BCUT2D eigenvalue weighted by Gasteiger charge is 2.63. The fourth-order valence-corrected chi connectivity index (χ4v) is 5.93. The first-order valence-corrected chi connectivity index (χ1v) is 11.7. The fraction of sp³-hybridized carbons (Fsp3) is 0.423. The van der Waals surface area contributed by atoms with Crippen LogP contribution in [0.3, 0.4) is 0 Å². The predicted octanol–water partition coefficient (Wildman–Crippen LogP) is 2.21. The van der Waals surface area contributed by atoms with Crippen LogP contribution in [0.5, 0.6) is 0 Å². The number of carbonyl (C=O) groups is 2. The van der Waals surface area contributed by atoms with Crippen molar-refractivity contribution in [1.29, 1.82) is 5.26 Å². The van der Waals surface area contributed by atoms with Crippen LogP contribution in [0.1, 0.15) is 65.7 Å². The van der Waals surface area contributed by atoms with Crippen LogP contribution in [-0.2, 0) is 9.53 Å². The minimum Gasteiger partial charge on any atom is -0.339 e. The molecule has 33 heavy (non-hydrogen) atoms. The van der Waals surface area contributed by atoms with Gasteiger partial charge in [0.25, 0.3) is 11.8 Å². The summed E-state index contributed by atoms with van der Waals surface area (Å²) in [5.41, 5.74) is 3.09. The quantitative estimate of drug-likeness (QED) is 0.670. The van der Waals surface area contributed by atoms with E-state index < -0.39 is 11.3 Å². The Kier molecular flexibility index (Phi) is 5.10. The molecule has 1 spiro atoms. The molecule has 3 heterocycles. The van der Waals surface area contributed by atoms with Crippen molar-refractivity contribution in [2.45, 2.75) is 56.9 Å². The van der Waals surface area contributed by atoms with Gasteiger partial charge in [0.1, 0.15) is 13.6 Å². The lowest BCUT2D eigenvalue weighted by Crippen LogP contribution is -2.51. The minimum absolute atomic E-state index is 0.0221. The van der Waals surface area contributed by atoms with E-state index in [0.29, 0.717) is 37.1 Å². The van der Waals surface area contributed by atoms with Gasteiger partial charge in [0, 0.05) is 31.5 Å². The number of rotatable bonds is 2. The van der Waals surface area contributed by atoms with Gasteiger partial charge in [-0.25, -0.2) is 0 Å². The average Bonchev–Trinajstić information content (AvgIpc) is 3.23. The summed E-state index contributed by atoms with van der Waals surface area (Å²) in [6.07, 6.45) is 2.67. The molecule has 3 aliphatic rings. The first-order chi connectivity index (χ1) is 15.7. The standard InChI is InChI=1S/C26H28BN3O3/c1-17-12-20(15-21(27)13-17)22-6-7-25(2)30(22)24(32)26(33-25)8-10-29(11-9-26)23(31)19-5-3-4-18(14-19)16-28/h3-5,12-15,22H,6-11,27H2,1-2H3. The van der Waals surface area contributed by atoms with Crippen LogP contribution in [-0.4, -0.2) is 53.9 Å². The summed E-state index contributed by atoms with van der Waals surface area (Å²) in [4.78, 5) is 30.6. The van der Waals surface area contributed by atoms with Gasteiger partial charge in [-0.2, -0.15) is 5.26 Å². The number of nitrogens with zero attached hydrogens (tertiary/aromatic N) is 3. The molecule has 7 heteroatoms. The number of ether oxygens (including phenoxy) is 1. The maximum absolute atomic E-state index is 13.8. The molecule has 2 aromatic rings. The van der Waals surface area contributed by atoms with Crippen LogP contribution >= 0.6 is 0 Å². The Hall–Kier alpha value is -3.11. The van der Waals surface area contributed by atoms with Gasteiger partial charge in [-0.15, -0.1) is 0 Å². The van der Waals surface area contributed by atoms with Crippen LogP contribution in [0.15, 0.2) is 42.5 Å². The van der Waals surface area contributed by atoms with Crippen molar-refractivity contribution in [2.24, 2.45) is 0 Å². The van der Waals surface area contributed by atoms with Crippen LogP contribution in [0.4, 0.5) is 0 Å². The van der Waals surface area contributed by atoms with E-state index in [1.165, 1.54) is 16.6 Å². The molecule has 3 saturated heterocycles. The highest BCUT2D eigenvalue weighted by molar-refractivity contribution is 6.32. The average molecular weight is 441 g/mol. The number of amides is 2. The van der Waals surface area contributed by atoms with E-state index in [1.807, 2.05) is 11.8 Å². The molecule has 168 valence electrons. The Labute approximate surface area is 195 Å². The summed E-state index contributed by atoms with van der Waals surface area (Å²) in [6.45, 7) is 5.04. The Balaban J connectivity index is 1.35. The number of carbonyl (C=O) groups excluding carboxylic acids is 2. The lowest BCUT2D eigenvalue weighted by molar-refractivity contribution is -0.148. The van der Waals surface area contributed by atoms with E-state index in [1.54, 1.807) is 29.2 Å². The number of hydrogen-bond donors (Lipinski definition) is 0. The van der Waals surface area contributed by atoms with E-state index >= 15 is 0 Å². The van der Waals surface area contributed by atoms with Gasteiger partial charge in [-0.1, -0.05) is 35.3 Å². The highest BCUT2D eigenvalue weighted by atomic mass is 16.6. The lowest BCUT2D eigenvalue weighted by Gasteiger charge is -2.38. The minimum atomic E-state index is -0.864. The number of likely N-dealkylation sites (tertiary alicyclic amines) is 1. The maximum Gasteiger partial charge on any atom is 0.257 e. The van der Waals surface area contributed by atoms with Gasteiger partial charge in [0.05, 0.1) is 17.7 Å². The first-order valence-electron chi connectivity index (χ1n) is 11.7. The van der Waals surface area contributed by atoms with E-state index in [0.717, 1.165) is 12.8 Å². The lowest BCUT2D eigenvalue weighted by atomic mass is 9.87. The fourth-order valence-electron chi connectivity index (χ4n) is 5.93. The topological polar surface area (TPSA) is 73.6 Å². The molecule has 0 N–H and O–H groups in total. The van der Waals surface area contributed by atoms with Crippen LogP contribution in [0.2, 0.25) is 0 Å². The van der Waals surface area contributed by atoms with Gasteiger partial charge in [-0.3, -0.25) is 9.59 Å². The molecule has 2 aromatic carbocycles. The normalized spacial score (nSPS) is 25.8. The molecular weight excluding hydrogens is 413 g/mol. The highest BCUT2D eigenvalue weighted by Crippen LogP contribution is 2.53. The number of hydrogen-bond acceptors (Lipinski definition) is 4. The molecule has 0 radical (unpaired) electrons. The van der Waals surface area contributed by atoms with Crippen molar-refractivity contribution in [3.05, 3.63) is 64.7 Å². The smallest absolute Gasteiger partial charge is 0.257 e. The van der Waals surface area contributed by atoms with E-state index in [2.05, 4.69) is 39.0 Å². The molecule has 0 aliphatic carbocycles. The van der Waals surface area contributed by atoms with Gasteiger partial charge >= 0.3 is 0 Å². The molecule has 5 rings (SSSR count). The van der Waals surface area contributed by atoms with Gasteiger partial charge in [0.15, 0.2) is 5.60 Å². The second-order valence-corrected chi connectivity index (χ2v) is 9.91. The van der Waals surface area contributed by atoms with Crippen LogP contribution < -0.4 is 5.46 Å². The molecule has 3 fully saturated rings. The molecule has 2 unspecified atom stereocenters. The molecule has 6 nitrogen and oxygen atoms in total. The van der Waals surface area contributed by atoms with Crippen molar-refractivity contribution in [1.82, 2.24) is 9.80 Å². The second kappa shape index (κ2) is 7.74. The Morgan fingerprint density at radius 1 is 1.18 bits per heavy atom. The number of benzene rings is 2. The predicted molar refractivity (Wildman–Crippen MR) is 127 cm³/mol. The first kappa shape index (κ1) is 21.7. The summed E-state index contributed by atoms with van der Waals surface area (Å²) in [5, 5.41) is 9.13. The zero-order valence-corrected chi connectivity index (χ0v) is 19.4. The summed E-state index contributed by atoms with van der Waals surface area (Å²) in [6, 6.07) is 15.4. The van der Waals surface area contributed by atoms with Crippen molar-refractivity contribution < 1.29 is 14.3 Å². The summed E-state index contributed by atoms with van der Waals surface area (Å²) < 4.78 is 6.59. The zero-order chi connectivity index (χ0) is 23.4. The summed E-state index contributed by atoms with van der Waals surface area (Å²) in [7, 11) is 2.09. The van der Waals surface area contributed by atoms with Crippen LogP contribution in [0.25, 0.3) is 0 Å². The molecule has 2 atom stereocenters. The monoisotopic (exact) mass is 441 g/mol. The second-order valence-electron chi connectivity index (χ2n) is 9.91. The van der Waals surface area contributed by atoms with E-state index in [9.17, 15) is 9.59 Å². The number of fused-ring (bicyclic) bond motifs is 1. The molecule has 0 aromatic heterocycles. The summed E-state index contributed by atoms with van der Waals surface area (Å²) in [5.74, 6) is -0.0440. The zero-order valence-electron chi connectivity index (χ0n) is 19.4. The molecule has 3 aliphatic heterocycles. The number of piperidine rings is 1. The van der Waals surface area contributed by atoms with E-state index in [-0.39, 0.29) is 17.9 Å². The molecule has 0 saturated carbocycles. The van der Waals surface area contributed by atoms with Gasteiger partial charge < -0.3 is 14.5 Å².